The summed E-state index contributed by atoms with van der Waals surface area (Å²) < 4.78 is 0. The van der Waals surface area contributed by atoms with E-state index in [0.29, 0.717) is 5.75 Å². The molecule has 0 saturated heterocycles. The third-order valence-corrected chi connectivity index (χ3v) is 6.20. The Morgan fingerprint density at radius 3 is 1.43 bits per heavy atom. The van der Waals surface area contributed by atoms with Crippen LogP contribution in [0.4, 0.5) is 0 Å². The molecule has 0 bridgehead atoms. The first-order valence-electron chi connectivity index (χ1n) is 12.6. The summed E-state index contributed by atoms with van der Waals surface area (Å²) in [5.41, 5.74) is 4.19. The van der Waals surface area contributed by atoms with Crippen LogP contribution in [-0.2, 0) is 19.3 Å². The van der Waals surface area contributed by atoms with Crippen LogP contribution in [0.5, 0.6) is 5.75 Å². The van der Waals surface area contributed by atoms with E-state index in [9.17, 15) is 5.11 Å². The maximum absolute atomic E-state index is 10.5. The van der Waals surface area contributed by atoms with Crippen LogP contribution in [-0.4, -0.2) is 5.11 Å². The van der Waals surface area contributed by atoms with Crippen LogP contribution < -0.4 is 0 Å². The van der Waals surface area contributed by atoms with Crippen LogP contribution in [0, 0.1) is 0 Å². The summed E-state index contributed by atoms with van der Waals surface area (Å²) in [6.07, 6.45) is 23.5. The minimum absolute atomic E-state index is 0.540. The summed E-state index contributed by atoms with van der Waals surface area (Å²) in [6, 6.07) is 4.09. The van der Waals surface area contributed by atoms with E-state index in [1.165, 1.54) is 113 Å². The van der Waals surface area contributed by atoms with E-state index in [1.807, 2.05) is 6.07 Å². The summed E-state index contributed by atoms with van der Waals surface area (Å²) in [6.45, 7) is 6.81. The lowest BCUT2D eigenvalue weighted by molar-refractivity contribution is 0.463. The van der Waals surface area contributed by atoms with Crippen molar-refractivity contribution < 1.29 is 5.11 Å². The molecule has 1 N–H and O–H groups in total. The van der Waals surface area contributed by atoms with E-state index in [0.717, 1.165) is 19.3 Å². The van der Waals surface area contributed by atoms with E-state index in [-0.39, 0.29) is 0 Å². The van der Waals surface area contributed by atoms with Crippen LogP contribution in [0.25, 0.3) is 0 Å². The maximum Gasteiger partial charge on any atom is 0.119 e. The third kappa shape index (κ3) is 10.5. The van der Waals surface area contributed by atoms with Gasteiger partial charge in [0, 0.05) is 0 Å². The van der Waals surface area contributed by atoms with Crippen molar-refractivity contribution in [2.24, 2.45) is 0 Å². The Morgan fingerprint density at radius 1 is 0.536 bits per heavy atom. The Kier molecular flexibility index (Phi) is 15.1. The molecule has 1 aromatic carbocycles. The summed E-state index contributed by atoms with van der Waals surface area (Å²) in [7, 11) is 0. The molecule has 1 aromatic rings. The largest absolute Gasteiger partial charge is 0.508 e. The number of aromatic hydroxyl groups is 1. The molecule has 162 valence electrons. The van der Waals surface area contributed by atoms with Crippen molar-refractivity contribution in [3.8, 4) is 5.75 Å². The maximum atomic E-state index is 10.5. The number of unbranched alkanes of at least 4 members (excludes halogenated alkanes) is 13. The van der Waals surface area contributed by atoms with Crippen LogP contribution in [0.1, 0.15) is 134 Å². The van der Waals surface area contributed by atoms with Crippen molar-refractivity contribution in [2.75, 3.05) is 0 Å². The molecule has 0 aliphatic carbocycles. The average Bonchev–Trinajstić information content (AvgIpc) is 2.70. The zero-order valence-corrected chi connectivity index (χ0v) is 19.3. The van der Waals surface area contributed by atoms with E-state index in [1.54, 1.807) is 0 Å². The Labute approximate surface area is 176 Å². The second kappa shape index (κ2) is 16.9. The molecular formula is C27H48O. The van der Waals surface area contributed by atoms with Gasteiger partial charge in [0.1, 0.15) is 5.75 Å². The first-order chi connectivity index (χ1) is 13.7. The van der Waals surface area contributed by atoms with Gasteiger partial charge in [-0.1, -0.05) is 110 Å². The summed E-state index contributed by atoms with van der Waals surface area (Å²) in [5.74, 6) is 0.540. The topological polar surface area (TPSA) is 20.2 Å². The van der Waals surface area contributed by atoms with Gasteiger partial charge in [-0.2, -0.15) is 0 Å². The standard InChI is InChI=1S/C27H48O/c1-4-7-9-11-13-15-17-19-21-26-25(24(6-3)22-23-27(26)28)20-18-16-14-12-10-8-5-2/h22-23,28H,4-21H2,1-3H3. The van der Waals surface area contributed by atoms with E-state index in [2.05, 4.69) is 26.8 Å². The fourth-order valence-electron chi connectivity index (χ4n) is 4.35. The monoisotopic (exact) mass is 388 g/mol. The molecule has 0 saturated carbocycles. The van der Waals surface area contributed by atoms with Gasteiger partial charge >= 0.3 is 0 Å². The van der Waals surface area contributed by atoms with Crippen molar-refractivity contribution >= 4 is 0 Å². The Bertz CT molecular complexity index is 491. The van der Waals surface area contributed by atoms with Gasteiger partial charge in [0.2, 0.25) is 0 Å². The molecule has 1 rings (SSSR count). The quantitative estimate of drug-likeness (QED) is 0.249. The SMILES string of the molecule is CCCCCCCCCCc1c(O)ccc(CC)c1CCCCCCCCC. The first-order valence-corrected chi connectivity index (χ1v) is 12.6. The molecule has 0 aliphatic heterocycles. The highest BCUT2D eigenvalue weighted by Gasteiger charge is 2.12. The van der Waals surface area contributed by atoms with Gasteiger partial charge in [-0.3, -0.25) is 0 Å². The molecule has 0 aromatic heterocycles. The lowest BCUT2D eigenvalue weighted by Crippen LogP contribution is -2.01. The Morgan fingerprint density at radius 2 is 0.964 bits per heavy atom. The molecule has 0 unspecified atom stereocenters. The van der Waals surface area contributed by atoms with Crippen LogP contribution in [0.2, 0.25) is 0 Å². The molecule has 1 nitrogen and oxygen atoms in total. The van der Waals surface area contributed by atoms with E-state index >= 15 is 0 Å². The second-order valence-corrected chi connectivity index (χ2v) is 8.65. The fourth-order valence-corrected chi connectivity index (χ4v) is 4.35. The number of benzene rings is 1. The summed E-state index contributed by atoms with van der Waals surface area (Å²) in [4.78, 5) is 0. The molecule has 1 heteroatoms. The number of hydrogen-bond donors (Lipinski definition) is 1. The van der Waals surface area contributed by atoms with Gasteiger partial charge in [-0.15, -0.1) is 0 Å². The highest BCUT2D eigenvalue weighted by Crippen LogP contribution is 2.29. The van der Waals surface area contributed by atoms with Crippen molar-refractivity contribution in [1.82, 2.24) is 0 Å². The average molecular weight is 389 g/mol. The molecule has 0 spiro atoms. The molecule has 0 radical (unpaired) electrons. The fraction of sp³-hybridized carbons (Fsp3) is 0.778. The molecule has 28 heavy (non-hydrogen) atoms. The van der Waals surface area contributed by atoms with Gasteiger partial charge in [-0.25, -0.2) is 0 Å². The van der Waals surface area contributed by atoms with Crippen molar-refractivity contribution in [3.05, 3.63) is 28.8 Å². The lowest BCUT2D eigenvalue weighted by atomic mass is 9.90. The molecule has 0 atom stereocenters. The first kappa shape index (κ1) is 25.1. The van der Waals surface area contributed by atoms with Crippen LogP contribution >= 0.6 is 0 Å². The molecular weight excluding hydrogens is 340 g/mol. The Balaban J connectivity index is 2.43. The molecule has 0 fully saturated rings. The number of aryl methyl sites for hydroxylation is 1. The van der Waals surface area contributed by atoms with Crippen molar-refractivity contribution in [1.29, 1.82) is 0 Å². The smallest absolute Gasteiger partial charge is 0.119 e. The normalized spacial score (nSPS) is 11.2. The van der Waals surface area contributed by atoms with Gasteiger partial charge in [0.25, 0.3) is 0 Å². The van der Waals surface area contributed by atoms with Crippen molar-refractivity contribution in [3.63, 3.8) is 0 Å². The highest BCUT2D eigenvalue weighted by molar-refractivity contribution is 5.44. The minimum Gasteiger partial charge on any atom is -0.508 e. The number of rotatable bonds is 18. The lowest BCUT2D eigenvalue weighted by Gasteiger charge is -2.16. The molecule has 0 aliphatic rings. The van der Waals surface area contributed by atoms with Crippen LogP contribution in [0.15, 0.2) is 12.1 Å². The summed E-state index contributed by atoms with van der Waals surface area (Å²) in [5, 5.41) is 10.5. The zero-order valence-electron chi connectivity index (χ0n) is 19.3. The van der Waals surface area contributed by atoms with E-state index in [4.69, 9.17) is 0 Å². The number of phenolic OH excluding ortho intramolecular Hbond substituents is 1. The second-order valence-electron chi connectivity index (χ2n) is 8.65. The van der Waals surface area contributed by atoms with E-state index < -0.39 is 0 Å². The van der Waals surface area contributed by atoms with Gasteiger partial charge < -0.3 is 5.11 Å². The molecule has 0 amide bonds. The Hall–Kier alpha value is -0.980. The number of hydrogen-bond acceptors (Lipinski definition) is 1. The summed E-state index contributed by atoms with van der Waals surface area (Å²) >= 11 is 0. The minimum atomic E-state index is 0.540. The van der Waals surface area contributed by atoms with Gasteiger partial charge in [0.05, 0.1) is 0 Å². The highest BCUT2D eigenvalue weighted by atomic mass is 16.3. The van der Waals surface area contributed by atoms with Crippen molar-refractivity contribution in [2.45, 2.75) is 136 Å². The predicted octanol–water partition coefficient (Wildman–Crippen LogP) is 8.93. The zero-order chi connectivity index (χ0) is 20.5. The van der Waals surface area contributed by atoms with Crippen LogP contribution in [0.3, 0.4) is 0 Å². The predicted molar refractivity (Wildman–Crippen MR) is 125 cm³/mol. The molecule has 0 heterocycles. The van der Waals surface area contributed by atoms with Gasteiger partial charge in [0.15, 0.2) is 0 Å². The third-order valence-electron chi connectivity index (χ3n) is 6.20. The number of phenols is 1. The van der Waals surface area contributed by atoms with Gasteiger partial charge in [-0.05, 0) is 54.9 Å².